The van der Waals surface area contributed by atoms with Crippen molar-refractivity contribution in [2.45, 2.75) is 63.3 Å². The highest BCUT2D eigenvalue weighted by Gasteiger charge is 2.39. The van der Waals surface area contributed by atoms with Crippen LogP contribution in [-0.2, 0) is 30.5 Å². The van der Waals surface area contributed by atoms with Crippen molar-refractivity contribution in [3.05, 3.63) is 35.9 Å². The van der Waals surface area contributed by atoms with Gasteiger partial charge in [-0.05, 0) is 56.6 Å². The van der Waals surface area contributed by atoms with Gasteiger partial charge >= 0.3 is 12.1 Å². The molecule has 0 bridgehead atoms. The molecule has 1 aromatic carbocycles. The molecule has 10 heteroatoms. The number of benzene rings is 1. The second kappa shape index (κ2) is 12.9. The molecule has 186 valence electrons. The summed E-state index contributed by atoms with van der Waals surface area (Å²) in [7, 11) is 1.26. The van der Waals surface area contributed by atoms with E-state index < -0.39 is 24.1 Å². The van der Waals surface area contributed by atoms with Crippen LogP contribution < -0.4 is 21.3 Å². The minimum Gasteiger partial charge on any atom is -0.467 e. The number of rotatable bonds is 12. The van der Waals surface area contributed by atoms with Gasteiger partial charge < -0.3 is 30.7 Å². The Kier molecular flexibility index (Phi) is 9.69. The van der Waals surface area contributed by atoms with E-state index in [4.69, 9.17) is 9.47 Å². The van der Waals surface area contributed by atoms with Crippen LogP contribution in [0.1, 0.15) is 44.1 Å². The van der Waals surface area contributed by atoms with Gasteiger partial charge in [0.05, 0.1) is 13.2 Å². The summed E-state index contributed by atoms with van der Waals surface area (Å²) in [6, 6.07) is 7.50. The molecule has 3 amide bonds. The van der Waals surface area contributed by atoms with Crippen LogP contribution in [0.5, 0.6) is 0 Å². The third-order valence-electron chi connectivity index (χ3n) is 6.00. The van der Waals surface area contributed by atoms with Gasteiger partial charge in [-0.15, -0.1) is 0 Å². The Labute approximate surface area is 199 Å². The highest BCUT2D eigenvalue weighted by atomic mass is 16.5. The van der Waals surface area contributed by atoms with Gasteiger partial charge in [0.15, 0.2) is 0 Å². The molecule has 1 aliphatic heterocycles. The van der Waals surface area contributed by atoms with E-state index in [1.165, 1.54) is 7.11 Å². The molecule has 1 saturated carbocycles. The zero-order valence-corrected chi connectivity index (χ0v) is 19.5. The van der Waals surface area contributed by atoms with Gasteiger partial charge in [0, 0.05) is 6.54 Å². The van der Waals surface area contributed by atoms with E-state index >= 15 is 0 Å². The third-order valence-corrected chi connectivity index (χ3v) is 6.00. The summed E-state index contributed by atoms with van der Waals surface area (Å²) in [5.74, 6) is -1.07. The quantitative estimate of drug-likeness (QED) is 0.262. The molecule has 1 heterocycles. The van der Waals surface area contributed by atoms with Crippen molar-refractivity contribution in [1.29, 1.82) is 0 Å². The van der Waals surface area contributed by atoms with Crippen LogP contribution in [0.2, 0.25) is 0 Å². The van der Waals surface area contributed by atoms with Crippen molar-refractivity contribution in [3.63, 3.8) is 0 Å². The monoisotopic (exact) mass is 474 g/mol. The van der Waals surface area contributed by atoms with Crippen LogP contribution in [0.3, 0.4) is 0 Å². The topological polar surface area (TPSA) is 135 Å². The van der Waals surface area contributed by atoms with E-state index in [1.54, 1.807) is 0 Å². The lowest BCUT2D eigenvalue weighted by Gasteiger charge is -2.23. The van der Waals surface area contributed by atoms with Crippen molar-refractivity contribution in [2.24, 2.45) is 5.92 Å². The Bertz CT molecular complexity index is 839. The molecule has 0 aromatic heterocycles. The first kappa shape index (κ1) is 25.5. The highest BCUT2D eigenvalue weighted by Crippen LogP contribution is 2.33. The minimum atomic E-state index is -0.873. The van der Waals surface area contributed by atoms with Crippen molar-refractivity contribution in [3.8, 4) is 0 Å². The Morgan fingerprint density at radius 1 is 1.09 bits per heavy atom. The van der Waals surface area contributed by atoms with Gasteiger partial charge in [-0.3, -0.25) is 9.59 Å². The molecule has 34 heavy (non-hydrogen) atoms. The van der Waals surface area contributed by atoms with Gasteiger partial charge in [-0.2, -0.15) is 0 Å². The van der Waals surface area contributed by atoms with E-state index in [0.717, 1.165) is 37.8 Å². The van der Waals surface area contributed by atoms with E-state index in [1.807, 2.05) is 30.3 Å². The second-order valence-corrected chi connectivity index (χ2v) is 8.69. The molecule has 4 N–H and O–H groups in total. The number of nitrogens with one attached hydrogen (secondary N) is 4. The molecule has 10 nitrogen and oxygen atoms in total. The minimum absolute atomic E-state index is 0.0738. The van der Waals surface area contributed by atoms with Crippen LogP contribution >= 0.6 is 0 Å². The summed E-state index contributed by atoms with van der Waals surface area (Å²) in [4.78, 5) is 49.5. The molecule has 3 atom stereocenters. The van der Waals surface area contributed by atoms with Crippen molar-refractivity contribution >= 4 is 23.9 Å². The summed E-state index contributed by atoms with van der Waals surface area (Å²) >= 11 is 0. The number of hydrogen-bond acceptors (Lipinski definition) is 7. The maximum Gasteiger partial charge on any atom is 0.407 e. The fraction of sp³-hybridized carbons (Fsp3) is 0.583. The number of hydrogen-bond donors (Lipinski definition) is 4. The first-order valence-electron chi connectivity index (χ1n) is 11.8. The number of amides is 3. The molecule has 3 rings (SSSR count). The Morgan fingerprint density at radius 3 is 2.50 bits per heavy atom. The fourth-order valence-electron chi connectivity index (χ4n) is 3.91. The Hall–Kier alpha value is -3.14. The van der Waals surface area contributed by atoms with Gasteiger partial charge in [0.1, 0.15) is 18.7 Å². The number of esters is 1. The predicted molar refractivity (Wildman–Crippen MR) is 123 cm³/mol. The molecule has 2 aliphatic rings. The van der Waals surface area contributed by atoms with E-state index in [-0.39, 0.29) is 43.3 Å². The zero-order chi connectivity index (χ0) is 24.3. The normalized spacial score (nSPS) is 18.9. The molecule has 2 fully saturated rings. The first-order valence-corrected chi connectivity index (χ1v) is 11.8. The summed E-state index contributed by atoms with van der Waals surface area (Å²) in [5, 5.41) is 11.3. The van der Waals surface area contributed by atoms with Crippen molar-refractivity contribution in [1.82, 2.24) is 21.3 Å². The Morgan fingerprint density at radius 2 is 1.85 bits per heavy atom. The number of ether oxygens (including phenoxy) is 2. The van der Waals surface area contributed by atoms with Gasteiger partial charge in [-0.1, -0.05) is 30.3 Å². The molecule has 1 unspecified atom stereocenters. The van der Waals surface area contributed by atoms with Crippen LogP contribution in [0.25, 0.3) is 0 Å². The third kappa shape index (κ3) is 8.02. The van der Waals surface area contributed by atoms with E-state index in [0.29, 0.717) is 6.42 Å². The van der Waals surface area contributed by atoms with E-state index in [9.17, 15) is 19.2 Å². The molecular weight excluding hydrogens is 440 g/mol. The molecular formula is C24H34N4O6. The van der Waals surface area contributed by atoms with Crippen molar-refractivity contribution in [2.75, 3.05) is 20.2 Å². The Balaban J connectivity index is 1.43. The molecule has 1 aliphatic carbocycles. The number of carbonyl (C=O) groups is 4. The number of alkyl carbamates (subject to hydrolysis) is 1. The molecule has 1 aromatic rings. The standard InChI is InChI=1S/C24H34N4O6/c1-33-23(31)19(10-6-14-26-24(32)34-15-16-7-3-2-4-8-16)27-22(30)20(17-11-12-17)28-21(29)18-9-5-13-25-18/h2-4,7-8,17-20,25H,5-6,9-15H2,1H3,(H,26,32)(H,27,30)(H,28,29)/t18?,19-,20-/m0/s1. The average molecular weight is 475 g/mol. The molecule has 1 saturated heterocycles. The highest BCUT2D eigenvalue weighted by molar-refractivity contribution is 5.92. The molecule has 0 spiro atoms. The average Bonchev–Trinajstić information content (AvgIpc) is 3.54. The van der Waals surface area contributed by atoms with Gasteiger partial charge in [0.2, 0.25) is 11.8 Å². The summed E-state index contributed by atoms with van der Waals surface area (Å²) in [5.41, 5.74) is 0.882. The largest absolute Gasteiger partial charge is 0.467 e. The van der Waals surface area contributed by atoms with Crippen molar-refractivity contribution < 1.29 is 28.7 Å². The number of carbonyl (C=O) groups excluding carboxylic acids is 4. The van der Waals surface area contributed by atoms with Crippen LogP contribution in [-0.4, -0.2) is 62.2 Å². The number of methoxy groups -OCH3 is 1. The lowest BCUT2D eigenvalue weighted by Crippen LogP contribution is -2.55. The smallest absolute Gasteiger partial charge is 0.407 e. The van der Waals surface area contributed by atoms with Gasteiger partial charge in [0.25, 0.3) is 0 Å². The van der Waals surface area contributed by atoms with Crippen LogP contribution in [0, 0.1) is 5.92 Å². The lowest BCUT2D eigenvalue weighted by molar-refractivity contribution is -0.145. The van der Waals surface area contributed by atoms with Crippen LogP contribution in [0.4, 0.5) is 4.79 Å². The summed E-state index contributed by atoms with van der Waals surface area (Å²) < 4.78 is 9.99. The fourth-order valence-corrected chi connectivity index (χ4v) is 3.91. The molecule has 0 radical (unpaired) electrons. The zero-order valence-electron chi connectivity index (χ0n) is 19.5. The van der Waals surface area contributed by atoms with E-state index in [2.05, 4.69) is 21.3 Å². The maximum absolute atomic E-state index is 12.9. The SMILES string of the molecule is COC(=O)[C@H](CCCNC(=O)OCc1ccccc1)NC(=O)[C@@H](NC(=O)C1CCCN1)C1CC1. The van der Waals surface area contributed by atoms with Crippen LogP contribution in [0.15, 0.2) is 30.3 Å². The summed E-state index contributed by atoms with van der Waals surface area (Å²) in [6.45, 7) is 1.22. The van der Waals surface area contributed by atoms with Gasteiger partial charge in [-0.25, -0.2) is 9.59 Å². The maximum atomic E-state index is 12.9. The lowest BCUT2D eigenvalue weighted by atomic mass is 10.1. The second-order valence-electron chi connectivity index (χ2n) is 8.69. The predicted octanol–water partition coefficient (Wildman–Crippen LogP) is 0.998. The summed E-state index contributed by atoms with van der Waals surface area (Å²) in [6.07, 6.45) is 3.52. The first-order chi connectivity index (χ1) is 16.5.